The van der Waals surface area contributed by atoms with E-state index in [9.17, 15) is 4.79 Å². The van der Waals surface area contributed by atoms with E-state index in [4.69, 9.17) is 11.6 Å². The summed E-state index contributed by atoms with van der Waals surface area (Å²) < 4.78 is 0. The van der Waals surface area contributed by atoms with Crippen molar-refractivity contribution in [1.29, 1.82) is 0 Å². The molecule has 0 bridgehead atoms. The molecule has 0 aromatic rings. The second-order valence-corrected chi connectivity index (χ2v) is 2.32. The largest absolute Gasteiger partial charge is 0.299 e. The Morgan fingerprint density at radius 3 is 1.89 bits per heavy atom. The minimum absolute atomic E-state index is 0. The average molecular weight is 172 g/mol. The lowest BCUT2D eigenvalue weighted by Crippen LogP contribution is -2.29. The molecule has 4 heteroatoms. The Labute approximate surface area is 66.6 Å². The molecule has 0 aromatic heterocycles. The van der Waals surface area contributed by atoms with Gasteiger partial charge in [-0.05, 0) is 32.6 Å². The lowest BCUT2D eigenvalue weighted by atomic mass is 10.4. The lowest BCUT2D eigenvalue weighted by Gasteiger charge is -2.13. The van der Waals surface area contributed by atoms with Gasteiger partial charge < -0.3 is 0 Å². The number of likely N-dealkylation sites (N-methyl/N-ethyl adjacent to an activating group) is 1. The van der Waals surface area contributed by atoms with E-state index >= 15 is 0 Å². The summed E-state index contributed by atoms with van der Waals surface area (Å²) in [5.41, 5.74) is 0. The number of nitrogens with zero attached hydrogens (tertiary/aromatic N) is 1. The van der Waals surface area contributed by atoms with E-state index in [2.05, 4.69) is 0 Å². The highest BCUT2D eigenvalue weighted by Crippen LogP contribution is 1.95. The van der Waals surface area contributed by atoms with Crippen LogP contribution in [-0.4, -0.2) is 30.3 Å². The van der Waals surface area contributed by atoms with Crippen molar-refractivity contribution in [3.63, 3.8) is 0 Å². The van der Waals surface area contributed by atoms with Crippen molar-refractivity contribution >= 4 is 29.3 Å². The first-order valence-corrected chi connectivity index (χ1v) is 2.79. The highest BCUT2D eigenvalue weighted by Gasteiger charge is 2.10. The standard InChI is InChI=1S/C5H10ClNO.ClH/c1-4(5(6)8)7(2)3;/h4H,1-3H3;1H. The maximum Gasteiger partial charge on any atom is 0.238 e. The van der Waals surface area contributed by atoms with E-state index in [0.717, 1.165) is 0 Å². The van der Waals surface area contributed by atoms with Gasteiger partial charge in [-0.15, -0.1) is 12.4 Å². The van der Waals surface area contributed by atoms with E-state index < -0.39 is 0 Å². The number of hydrogen-bond acceptors (Lipinski definition) is 2. The number of carbonyl (C=O) groups excluding carboxylic acids is 1. The van der Waals surface area contributed by atoms with Crippen LogP contribution in [0.4, 0.5) is 0 Å². The minimum atomic E-state index is -0.310. The van der Waals surface area contributed by atoms with Crippen LogP contribution in [0, 0.1) is 0 Å². The Morgan fingerprint density at radius 1 is 1.56 bits per heavy atom. The molecule has 0 spiro atoms. The van der Waals surface area contributed by atoms with E-state index in [1.807, 2.05) is 14.1 Å². The zero-order valence-corrected chi connectivity index (χ0v) is 7.29. The van der Waals surface area contributed by atoms with Crippen LogP contribution in [0.1, 0.15) is 6.92 Å². The predicted octanol–water partition coefficient (Wildman–Crippen LogP) is 1.12. The SMILES string of the molecule is CC(C(=O)Cl)N(C)C.Cl. The van der Waals surface area contributed by atoms with Crippen molar-refractivity contribution in [2.24, 2.45) is 0 Å². The topological polar surface area (TPSA) is 20.3 Å². The first-order valence-electron chi connectivity index (χ1n) is 2.41. The summed E-state index contributed by atoms with van der Waals surface area (Å²) in [5.74, 6) is 0. The Bertz CT molecular complexity index is 95.0. The molecule has 0 aliphatic carbocycles. The van der Waals surface area contributed by atoms with Gasteiger partial charge in [0.2, 0.25) is 5.24 Å². The molecule has 0 radical (unpaired) electrons. The van der Waals surface area contributed by atoms with Gasteiger partial charge >= 0.3 is 0 Å². The fraction of sp³-hybridized carbons (Fsp3) is 0.800. The summed E-state index contributed by atoms with van der Waals surface area (Å²) in [6, 6.07) is -0.170. The summed E-state index contributed by atoms with van der Waals surface area (Å²) in [4.78, 5) is 12.1. The summed E-state index contributed by atoms with van der Waals surface area (Å²) >= 11 is 5.14. The molecule has 2 nitrogen and oxygen atoms in total. The van der Waals surface area contributed by atoms with Gasteiger partial charge in [0.05, 0.1) is 6.04 Å². The van der Waals surface area contributed by atoms with Crippen LogP contribution in [0.2, 0.25) is 0 Å². The van der Waals surface area contributed by atoms with Crippen molar-refractivity contribution in [2.75, 3.05) is 14.1 Å². The zero-order valence-electron chi connectivity index (χ0n) is 5.72. The Balaban J connectivity index is 0. The van der Waals surface area contributed by atoms with Crippen LogP contribution < -0.4 is 0 Å². The van der Waals surface area contributed by atoms with E-state index in [-0.39, 0.29) is 23.7 Å². The van der Waals surface area contributed by atoms with Crippen molar-refractivity contribution in [2.45, 2.75) is 13.0 Å². The molecule has 1 unspecified atom stereocenters. The molecular formula is C5H11Cl2NO. The summed E-state index contributed by atoms with van der Waals surface area (Å²) in [6.45, 7) is 1.76. The smallest absolute Gasteiger partial charge is 0.238 e. The van der Waals surface area contributed by atoms with Gasteiger partial charge in [-0.1, -0.05) is 0 Å². The maximum absolute atomic E-state index is 10.3. The zero-order chi connectivity index (χ0) is 6.73. The Hall–Kier alpha value is 0.210. The molecule has 9 heavy (non-hydrogen) atoms. The number of carbonyl (C=O) groups is 1. The first kappa shape index (κ1) is 11.9. The van der Waals surface area contributed by atoms with E-state index in [1.54, 1.807) is 11.8 Å². The van der Waals surface area contributed by atoms with Gasteiger partial charge in [0, 0.05) is 0 Å². The molecule has 1 atom stereocenters. The van der Waals surface area contributed by atoms with Crippen molar-refractivity contribution in [1.82, 2.24) is 4.90 Å². The average Bonchev–Trinajstić information content (AvgIpc) is 1.64. The fourth-order valence-corrected chi connectivity index (χ4v) is 0.398. The highest BCUT2D eigenvalue weighted by atomic mass is 35.5. The molecule has 0 aliphatic heterocycles. The van der Waals surface area contributed by atoms with Crippen LogP contribution in [0.5, 0.6) is 0 Å². The number of halogens is 2. The summed E-state index contributed by atoms with van der Waals surface area (Å²) in [6.07, 6.45) is 0. The van der Waals surface area contributed by atoms with Crippen LogP contribution in [0.3, 0.4) is 0 Å². The van der Waals surface area contributed by atoms with Gasteiger partial charge in [-0.2, -0.15) is 0 Å². The maximum atomic E-state index is 10.3. The van der Waals surface area contributed by atoms with Crippen LogP contribution in [-0.2, 0) is 4.79 Å². The van der Waals surface area contributed by atoms with Crippen molar-refractivity contribution in [3.8, 4) is 0 Å². The van der Waals surface area contributed by atoms with Gasteiger partial charge in [-0.25, -0.2) is 0 Å². The second-order valence-electron chi connectivity index (χ2n) is 1.94. The molecule has 0 aliphatic rings. The second kappa shape index (κ2) is 5.03. The van der Waals surface area contributed by atoms with Crippen LogP contribution >= 0.6 is 24.0 Å². The minimum Gasteiger partial charge on any atom is -0.299 e. The van der Waals surface area contributed by atoms with E-state index in [0.29, 0.717) is 0 Å². The Kier molecular flexibility index (Phi) is 6.68. The normalized spacial score (nSPS) is 12.6. The molecule has 0 heterocycles. The Morgan fingerprint density at radius 2 is 1.89 bits per heavy atom. The van der Waals surface area contributed by atoms with E-state index in [1.165, 1.54) is 0 Å². The third-order valence-electron chi connectivity index (χ3n) is 1.10. The summed E-state index contributed by atoms with van der Waals surface area (Å²) in [5, 5.41) is -0.310. The van der Waals surface area contributed by atoms with Gasteiger partial charge in [0.25, 0.3) is 0 Å². The monoisotopic (exact) mass is 171 g/mol. The van der Waals surface area contributed by atoms with Crippen molar-refractivity contribution in [3.05, 3.63) is 0 Å². The lowest BCUT2D eigenvalue weighted by molar-refractivity contribution is -0.115. The van der Waals surface area contributed by atoms with Crippen molar-refractivity contribution < 1.29 is 4.79 Å². The molecule has 0 saturated heterocycles. The van der Waals surface area contributed by atoms with Crippen LogP contribution in [0.25, 0.3) is 0 Å². The molecule has 0 saturated carbocycles. The predicted molar refractivity (Wildman–Crippen MR) is 41.3 cm³/mol. The molecule has 0 aromatic carbocycles. The van der Waals surface area contributed by atoms with Gasteiger partial charge in [-0.3, -0.25) is 9.69 Å². The molecule has 0 fully saturated rings. The molecular weight excluding hydrogens is 161 g/mol. The third-order valence-corrected chi connectivity index (χ3v) is 1.42. The first-order chi connectivity index (χ1) is 3.55. The number of rotatable bonds is 2. The third kappa shape index (κ3) is 4.70. The number of hydrogen-bond donors (Lipinski definition) is 0. The molecule has 0 amide bonds. The fourth-order valence-electron chi connectivity index (χ4n) is 0.203. The summed E-state index contributed by atoms with van der Waals surface area (Å²) in [7, 11) is 3.62. The molecule has 56 valence electrons. The molecule has 0 N–H and O–H groups in total. The van der Waals surface area contributed by atoms with Gasteiger partial charge in [0.15, 0.2) is 0 Å². The quantitative estimate of drug-likeness (QED) is 0.581. The van der Waals surface area contributed by atoms with Crippen LogP contribution in [0.15, 0.2) is 0 Å². The molecule has 0 rings (SSSR count). The highest BCUT2D eigenvalue weighted by molar-refractivity contribution is 6.64. The van der Waals surface area contributed by atoms with Gasteiger partial charge in [0.1, 0.15) is 0 Å².